The third-order valence-corrected chi connectivity index (χ3v) is 24.2. The van der Waals surface area contributed by atoms with Crippen LogP contribution in [0.5, 0.6) is 17.2 Å². The Balaban J connectivity index is 0.899. The number of benzene rings is 2. The van der Waals surface area contributed by atoms with E-state index in [-0.39, 0.29) is 86.3 Å². The summed E-state index contributed by atoms with van der Waals surface area (Å²) in [5.41, 5.74) is 6.28. The van der Waals surface area contributed by atoms with Gasteiger partial charge in [-0.2, -0.15) is 0 Å². The van der Waals surface area contributed by atoms with Gasteiger partial charge in [0.25, 0.3) is 0 Å². The first kappa shape index (κ1) is 49.5. The SMILES string of the molecule is CC(=O)c1c(C)c(O)c2cc(C(=O)O)cc(OC3OC(CO)C4(CCC56CC7(CC8COCC(CCO)(CSSCO4)C85)CC4(CCC5CCCC8CCCC89CCC54C9)CC7NN6)C(O)C3O)c2c1O. The molecule has 4 bridgehead atoms. The maximum absolute atomic E-state index is 12.8. The molecule has 12 rings (SSSR count). The Morgan fingerprint density at radius 2 is 1.72 bits per heavy atom. The highest BCUT2D eigenvalue weighted by Crippen LogP contribution is 2.80. The number of carboxylic acid groups (broad SMARTS) is 1. The van der Waals surface area contributed by atoms with Crippen molar-refractivity contribution in [3.8, 4) is 17.2 Å². The highest BCUT2D eigenvalue weighted by molar-refractivity contribution is 8.76. The largest absolute Gasteiger partial charge is 0.507 e. The highest BCUT2D eigenvalue weighted by atomic mass is 33.1. The number of phenols is 2. The quantitative estimate of drug-likeness (QED) is 0.0762. The molecule has 6 aliphatic carbocycles. The lowest BCUT2D eigenvalue weighted by atomic mass is 9.46. The zero-order valence-corrected chi connectivity index (χ0v) is 42.9. The fraction of sp³-hybridized carbons (Fsp3) is 0.778. The number of Topliss-reactive ketones (excluding diaryl/α,β-unsaturated/α-hetero) is 1. The molecule has 2 aromatic rings. The van der Waals surface area contributed by atoms with Gasteiger partial charge in [-0.05, 0) is 174 Å². The van der Waals surface area contributed by atoms with Crippen LogP contribution in [0.2, 0.25) is 0 Å². The van der Waals surface area contributed by atoms with Crippen molar-refractivity contribution in [3.05, 3.63) is 28.8 Å². The molecule has 10 fully saturated rings. The van der Waals surface area contributed by atoms with Crippen LogP contribution in [0.3, 0.4) is 0 Å². The summed E-state index contributed by atoms with van der Waals surface area (Å²) >= 11 is 0. The van der Waals surface area contributed by atoms with Gasteiger partial charge in [0.2, 0.25) is 6.29 Å². The molecule has 16 unspecified atom stereocenters. The number of ketones is 1. The van der Waals surface area contributed by atoms with Gasteiger partial charge < -0.3 is 54.7 Å². The van der Waals surface area contributed by atoms with E-state index < -0.39 is 65.6 Å². The van der Waals surface area contributed by atoms with Gasteiger partial charge in [0, 0.05) is 46.9 Å². The highest BCUT2D eigenvalue weighted by Gasteiger charge is 2.75. The zero-order valence-electron chi connectivity index (χ0n) is 41.2. The van der Waals surface area contributed by atoms with Gasteiger partial charge in [-0.25, -0.2) is 4.79 Å². The first-order valence-corrected chi connectivity index (χ1v) is 29.2. The Hall–Kier alpha value is -2.42. The van der Waals surface area contributed by atoms with Crippen molar-refractivity contribution in [3.63, 3.8) is 0 Å². The van der Waals surface area contributed by atoms with E-state index in [1.165, 1.54) is 108 Å². The Bertz CT molecular complexity index is 2480. The van der Waals surface area contributed by atoms with Gasteiger partial charge in [0.15, 0.2) is 5.78 Å². The summed E-state index contributed by atoms with van der Waals surface area (Å²) in [5.74, 6) is -0.469. The topological polar surface area (TPSA) is 237 Å². The third kappa shape index (κ3) is 7.08. The van der Waals surface area contributed by atoms with Crippen LogP contribution >= 0.6 is 21.6 Å². The second-order valence-electron chi connectivity index (χ2n) is 24.7. The minimum atomic E-state index is -1.82. The summed E-state index contributed by atoms with van der Waals surface area (Å²) in [7, 11) is 3.12. The van der Waals surface area contributed by atoms with E-state index in [9.17, 15) is 45.3 Å². The number of aromatic carboxylic acids is 1. The summed E-state index contributed by atoms with van der Waals surface area (Å²) < 4.78 is 26.3. The molecular weight excluding hydrogens is 949 g/mol. The molecule has 10 aliphatic rings. The van der Waals surface area contributed by atoms with Crippen LogP contribution in [-0.2, 0) is 14.2 Å². The number of carbonyl (C=O) groups excluding carboxylic acids is 1. The molecule has 15 nitrogen and oxygen atoms in total. The number of rotatable bonds is 7. The lowest BCUT2D eigenvalue weighted by Crippen LogP contribution is -2.77. The predicted molar refractivity (Wildman–Crippen MR) is 266 cm³/mol. The van der Waals surface area contributed by atoms with E-state index in [4.69, 9.17) is 18.9 Å². The first-order valence-electron chi connectivity index (χ1n) is 26.7. The predicted octanol–water partition coefficient (Wildman–Crippen LogP) is 7.12. The molecule has 0 radical (unpaired) electrons. The smallest absolute Gasteiger partial charge is 0.335 e. The van der Waals surface area contributed by atoms with Gasteiger partial charge in [-0.15, -0.1) is 0 Å². The number of aromatic hydroxyl groups is 2. The fourth-order valence-corrected chi connectivity index (χ4v) is 21.7. The van der Waals surface area contributed by atoms with Crippen molar-refractivity contribution < 1.29 is 64.3 Å². The normalized spacial score (nSPS) is 45.9. The number of hydrogen-bond acceptors (Lipinski definition) is 16. The lowest BCUT2D eigenvalue weighted by molar-refractivity contribution is -0.323. The van der Waals surface area contributed by atoms with Crippen LogP contribution < -0.4 is 15.6 Å². The van der Waals surface area contributed by atoms with Gasteiger partial charge >= 0.3 is 5.97 Å². The van der Waals surface area contributed by atoms with Crippen molar-refractivity contribution in [1.29, 1.82) is 0 Å². The maximum atomic E-state index is 12.8. The molecule has 17 heteroatoms. The van der Waals surface area contributed by atoms with Crippen LogP contribution in [-0.4, -0.2) is 127 Å². The van der Waals surface area contributed by atoms with E-state index in [1.54, 1.807) is 10.8 Å². The minimum absolute atomic E-state index is 0.0183. The second kappa shape index (κ2) is 17.6. The van der Waals surface area contributed by atoms with Gasteiger partial charge in [-0.1, -0.05) is 34.4 Å². The molecule has 0 aromatic heterocycles. The number of ether oxygens (including phenoxy) is 4. The average Bonchev–Trinajstić information content (AvgIpc) is 4.08. The molecular formula is C54H74N2O13S2. The number of hydrogen-bond donors (Lipinski definition) is 9. The van der Waals surface area contributed by atoms with Crippen LogP contribution in [0, 0.1) is 57.7 Å². The van der Waals surface area contributed by atoms with Crippen molar-refractivity contribution >= 4 is 44.1 Å². The molecule has 4 saturated heterocycles. The number of aliphatic hydroxyl groups excluding tert-OH is 4. The van der Waals surface area contributed by atoms with E-state index >= 15 is 0 Å². The van der Waals surface area contributed by atoms with Gasteiger partial charge in [-0.3, -0.25) is 15.6 Å². The summed E-state index contributed by atoms with van der Waals surface area (Å²) in [4.78, 5) is 25.2. The Labute approximate surface area is 423 Å². The molecule has 2 aromatic carbocycles. The Morgan fingerprint density at radius 3 is 2.51 bits per heavy atom. The van der Waals surface area contributed by atoms with Crippen molar-refractivity contribution in [2.24, 2.45) is 50.7 Å². The molecule has 71 heavy (non-hydrogen) atoms. The van der Waals surface area contributed by atoms with Crippen LogP contribution in [0.25, 0.3) is 10.8 Å². The van der Waals surface area contributed by atoms with Crippen LogP contribution in [0.1, 0.15) is 149 Å². The monoisotopic (exact) mass is 1020 g/mol. The van der Waals surface area contributed by atoms with Crippen LogP contribution in [0.4, 0.5) is 0 Å². The molecule has 390 valence electrons. The number of fused-ring (bicyclic) bond motifs is 1. The number of carboxylic acids is 1. The lowest BCUT2D eigenvalue weighted by Gasteiger charge is -2.67. The van der Waals surface area contributed by atoms with E-state index in [1.807, 2.05) is 0 Å². The average molecular weight is 1020 g/mol. The molecule has 16 atom stereocenters. The number of nitrogens with one attached hydrogen (secondary N) is 2. The Morgan fingerprint density at radius 1 is 0.901 bits per heavy atom. The molecule has 4 aliphatic heterocycles. The summed E-state index contributed by atoms with van der Waals surface area (Å²) in [6, 6.07) is 2.54. The molecule has 6 saturated carbocycles. The fourth-order valence-electron chi connectivity index (χ4n) is 19.4. The van der Waals surface area contributed by atoms with Crippen LogP contribution in [0.15, 0.2) is 12.1 Å². The van der Waals surface area contributed by atoms with Crippen molar-refractivity contribution in [2.45, 2.75) is 171 Å². The minimum Gasteiger partial charge on any atom is -0.507 e. The second-order valence-corrected chi connectivity index (χ2v) is 27.1. The molecule has 6 spiro atoms. The first-order chi connectivity index (χ1) is 34.0. The summed E-state index contributed by atoms with van der Waals surface area (Å²) in [6.07, 6.45) is 14.3. The number of phenolic OH excluding ortho intramolecular Hbond substituents is 2. The van der Waals surface area contributed by atoms with E-state index in [0.29, 0.717) is 42.6 Å². The molecule has 0 amide bonds. The standard InChI is InChI=1S/C54H74N2O13S2/c1-29-39(30(2)59)42(61)40-35(41(29)60)17-31(46(64)65)18-36(40)68-47-43(62)45(63)54(38(21-58)69-47)14-13-53-25-50(19-32-22-66-26-49(15-16-57,44(32)53)27-70-71-28-67-54)23-51(20-37(50)55-56-53)10-8-34-6-3-5-33-7-4-9-48(33)11-12-52(34,51)24-48/h17-18,32-34,37-38,43-45,47,55-58,60-63H,3-16,19-28H2,1-2H3,(H,64,65). The summed E-state index contributed by atoms with van der Waals surface area (Å²) in [6.45, 7) is 3.21. The van der Waals surface area contributed by atoms with Crippen molar-refractivity contribution in [1.82, 2.24) is 10.9 Å². The number of hydrazine groups is 1. The van der Waals surface area contributed by atoms with E-state index in [0.717, 1.165) is 36.8 Å². The number of carbonyl (C=O) groups is 2. The number of aliphatic hydroxyl groups is 4. The van der Waals surface area contributed by atoms with Gasteiger partial charge in [0.1, 0.15) is 47.1 Å². The third-order valence-electron chi connectivity index (χ3n) is 21.9. The van der Waals surface area contributed by atoms with Gasteiger partial charge in [0.05, 0.1) is 29.7 Å². The summed E-state index contributed by atoms with van der Waals surface area (Å²) in [5, 5.41) is 79.7. The van der Waals surface area contributed by atoms with E-state index in [2.05, 4.69) is 10.9 Å². The molecule has 4 heterocycles. The maximum Gasteiger partial charge on any atom is 0.335 e. The van der Waals surface area contributed by atoms with Crippen molar-refractivity contribution in [2.75, 3.05) is 38.1 Å². The molecule has 9 N–H and O–H groups in total. The Kier molecular flexibility index (Phi) is 12.2. The zero-order chi connectivity index (χ0) is 49.5.